The third-order valence-electron chi connectivity index (χ3n) is 4.76. The van der Waals surface area contributed by atoms with Gasteiger partial charge in [-0.25, -0.2) is 8.42 Å². The van der Waals surface area contributed by atoms with Crippen LogP contribution in [0.25, 0.3) is 0 Å². The summed E-state index contributed by atoms with van der Waals surface area (Å²) in [5, 5.41) is 0. The molecule has 8 heteroatoms. The number of nitrogens with zero attached hydrogens (tertiary/aromatic N) is 1. The quantitative estimate of drug-likeness (QED) is 0.763. The van der Waals surface area contributed by atoms with E-state index in [1.807, 2.05) is 0 Å². The molecule has 7 nitrogen and oxygen atoms in total. The van der Waals surface area contributed by atoms with Gasteiger partial charge in [0.05, 0.1) is 19.1 Å². The Morgan fingerprint density at radius 3 is 2.42 bits per heavy atom. The van der Waals surface area contributed by atoms with Crippen LogP contribution in [-0.4, -0.2) is 51.6 Å². The number of carbonyl (C=O) groups excluding carboxylic acids is 1. The molecule has 1 aliphatic carbocycles. The Kier molecular flexibility index (Phi) is 4.44. The van der Waals surface area contributed by atoms with E-state index in [-0.39, 0.29) is 18.0 Å². The van der Waals surface area contributed by atoms with Gasteiger partial charge in [-0.15, -0.1) is 0 Å². The van der Waals surface area contributed by atoms with Gasteiger partial charge >= 0.3 is 5.97 Å². The van der Waals surface area contributed by atoms with E-state index in [0.29, 0.717) is 24.3 Å². The van der Waals surface area contributed by atoms with E-state index in [0.717, 1.165) is 12.8 Å². The zero-order chi connectivity index (χ0) is 17.4. The van der Waals surface area contributed by atoms with E-state index in [9.17, 15) is 13.2 Å². The molecule has 1 saturated heterocycles. The number of esters is 1. The number of morpholine rings is 1. The van der Waals surface area contributed by atoms with Crippen LogP contribution in [0, 0.1) is 0 Å². The Labute approximate surface area is 141 Å². The summed E-state index contributed by atoms with van der Waals surface area (Å²) < 4.78 is 43.2. The van der Waals surface area contributed by atoms with Crippen LogP contribution >= 0.6 is 0 Å². The Bertz CT molecular complexity index is 739. The lowest BCUT2D eigenvalue weighted by Gasteiger charge is -2.41. The molecule has 1 aromatic carbocycles. The standard InChI is InChI=1S/C16H21NO6S/c1-21-13-6-5-12(11-14(13)22-2)24(19,20)17-9-10-23-15(18)16(17)7-3-4-8-16/h5-6,11H,3-4,7-10H2,1-2H3. The predicted molar refractivity (Wildman–Crippen MR) is 85.6 cm³/mol. The number of cyclic esters (lactones) is 1. The average Bonchev–Trinajstić information content (AvgIpc) is 3.06. The van der Waals surface area contributed by atoms with Crippen LogP contribution in [0.2, 0.25) is 0 Å². The second-order valence-corrected chi connectivity index (χ2v) is 7.83. The maximum atomic E-state index is 13.2. The number of ether oxygens (including phenoxy) is 3. The number of benzene rings is 1. The Hall–Kier alpha value is -1.80. The molecule has 0 aromatic heterocycles. The molecule has 2 aliphatic rings. The molecule has 0 atom stereocenters. The van der Waals surface area contributed by atoms with Crippen LogP contribution in [0.4, 0.5) is 0 Å². The lowest BCUT2D eigenvalue weighted by Crippen LogP contribution is -2.60. The number of sulfonamides is 1. The fourth-order valence-electron chi connectivity index (χ4n) is 3.54. The van der Waals surface area contributed by atoms with Crippen LogP contribution in [0.1, 0.15) is 25.7 Å². The number of rotatable bonds is 4. The molecule has 1 aromatic rings. The highest BCUT2D eigenvalue weighted by atomic mass is 32.2. The Morgan fingerprint density at radius 2 is 1.79 bits per heavy atom. The van der Waals surface area contributed by atoms with Crippen molar-refractivity contribution in [2.45, 2.75) is 36.1 Å². The molecule has 0 unspecified atom stereocenters. The lowest BCUT2D eigenvalue weighted by molar-refractivity contribution is -0.162. The average molecular weight is 355 g/mol. The number of hydrogen-bond acceptors (Lipinski definition) is 6. The number of hydrogen-bond donors (Lipinski definition) is 0. The van der Waals surface area contributed by atoms with Gasteiger partial charge in [0.1, 0.15) is 12.1 Å². The fraction of sp³-hybridized carbons (Fsp3) is 0.562. The summed E-state index contributed by atoms with van der Waals surface area (Å²) >= 11 is 0. The van der Waals surface area contributed by atoms with Gasteiger partial charge in [-0.3, -0.25) is 4.79 Å². The smallest absolute Gasteiger partial charge is 0.327 e. The van der Waals surface area contributed by atoms with Crippen molar-refractivity contribution in [3.05, 3.63) is 18.2 Å². The zero-order valence-electron chi connectivity index (χ0n) is 13.8. The molecule has 2 fully saturated rings. The van der Waals surface area contributed by atoms with Crippen LogP contribution < -0.4 is 9.47 Å². The summed E-state index contributed by atoms with van der Waals surface area (Å²) in [6.07, 6.45) is 2.62. The third kappa shape index (κ3) is 2.53. The highest BCUT2D eigenvalue weighted by Gasteiger charge is 2.54. The monoisotopic (exact) mass is 355 g/mol. The van der Waals surface area contributed by atoms with Gasteiger partial charge in [0.2, 0.25) is 10.0 Å². The van der Waals surface area contributed by atoms with Crippen molar-refractivity contribution in [2.75, 3.05) is 27.4 Å². The molecule has 24 heavy (non-hydrogen) atoms. The van der Waals surface area contributed by atoms with Crippen molar-refractivity contribution >= 4 is 16.0 Å². The Morgan fingerprint density at radius 1 is 1.12 bits per heavy atom. The first kappa shape index (κ1) is 17.0. The van der Waals surface area contributed by atoms with Crippen molar-refractivity contribution in [3.63, 3.8) is 0 Å². The van der Waals surface area contributed by atoms with Crippen LogP contribution in [0.5, 0.6) is 11.5 Å². The molecule has 0 bridgehead atoms. The fourth-order valence-corrected chi connectivity index (χ4v) is 5.32. The second-order valence-electron chi connectivity index (χ2n) is 5.97. The first-order chi connectivity index (χ1) is 11.5. The van der Waals surface area contributed by atoms with Gasteiger partial charge < -0.3 is 14.2 Å². The van der Waals surface area contributed by atoms with E-state index in [4.69, 9.17) is 14.2 Å². The minimum absolute atomic E-state index is 0.0765. The molecule has 0 N–H and O–H groups in total. The SMILES string of the molecule is COc1ccc(S(=O)(=O)N2CCOC(=O)C23CCCC3)cc1OC. The number of carbonyl (C=O) groups is 1. The van der Waals surface area contributed by atoms with E-state index in [1.165, 1.54) is 30.7 Å². The van der Waals surface area contributed by atoms with E-state index in [1.54, 1.807) is 6.07 Å². The maximum absolute atomic E-state index is 13.2. The van der Waals surface area contributed by atoms with Crippen LogP contribution in [0.15, 0.2) is 23.1 Å². The van der Waals surface area contributed by atoms with Gasteiger partial charge in [-0.05, 0) is 25.0 Å². The summed E-state index contributed by atoms with van der Waals surface area (Å²) in [6, 6.07) is 4.45. The second kappa shape index (κ2) is 6.25. The summed E-state index contributed by atoms with van der Waals surface area (Å²) in [5.41, 5.74) is -1.07. The molecule has 1 aliphatic heterocycles. The highest BCUT2D eigenvalue weighted by molar-refractivity contribution is 7.89. The normalized spacial score (nSPS) is 20.8. The summed E-state index contributed by atoms with van der Waals surface area (Å²) in [4.78, 5) is 12.4. The van der Waals surface area contributed by atoms with Crippen LogP contribution in [-0.2, 0) is 19.6 Å². The number of methoxy groups -OCH3 is 2. The first-order valence-electron chi connectivity index (χ1n) is 7.88. The van der Waals surface area contributed by atoms with E-state index >= 15 is 0 Å². The van der Waals surface area contributed by atoms with Gasteiger partial charge in [0.25, 0.3) is 0 Å². The molecule has 1 heterocycles. The molecule has 1 saturated carbocycles. The molecule has 3 rings (SSSR count). The van der Waals surface area contributed by atoms with Crippen molar-refractivity contribution in [1.29, 1.82) is 0 Å². The molecule has 132 valence electrons. The van der Waals surface area contributed by atoms with Gasteiger partial charge in [-0.2, -0.15) is 4.31 Å². The predicted octanol–water partition coefficient (Wildman–Crippen LogP) is 1.56. The first-order valence-corrected chi connectivity index (χ1v) is 9.32. The third-order valence-corrected chi connectivity index (χ3v) is 6.72. The molecule has 0 amide bonds. The Balaban J connectivity index is 2.05. The van der Waals surface area contributed by atoms with Gasteiger partial charge in [-0.1, -0.05) is 12.8 Å². The molecular weight excluding hydrogens is 334 g/mol. The topological polar surface area (TPSA) is 82.1 Å². The highest BCUT2D eigenvalue weighted by Crippen LogP contribution is 2.42. The van der Waals surface area contributed by atoms with E-state index < -0.39 is 21.5 Å². The van der Waals surface area contributed by atoms with Crippen LogP contribution in [0.3, 0.4) is 0 Å². The van der Waals surface area contributed by atoms with Crippen molar-refractivity contribution in [2.24, 2.45) is 0 Å². The maximum Gasteiger partial charge on any atom is 0.327 e. The lowest BCUT2D eigenvalue weighted by atomic mass is 9.97. The van der Waals surface area contributed by atoms with Gasteiger partial charge in [0.15, 0.2) is 11.5 Å². The summed E-state index contributed by atoms with van der Waals surface area (Å²) in [7, 11) is -0.912. The van der Waals surface area contributed by atoms with Crippen molar-refractivity contribution < 1.29 is 27.4 Å². The largest absolute Gasteiger partial charge is 0.493 e. The van der Waals surface area contributed by atoms with E-state index in [2.05, 4.69) is 0 Å². The van der Waals surface area contributed by atoms with Gasteiger partial charge in [0, 0.05) is 12.6 Å². The molecular formula is C16H21NO6S. The molecule has 0 radical (unpaired) electrons. The van der Waals surface area contributed by atoms with Crippen molar-refractivity contribution in [3.8, 4) is 11.5 Å². The summed E-state index contributed by atoms with van der Waals surface area (Å²) in [6.45, 7) is 0.246. The van der Waals surface area contributed by atoms with Crippen molar-refractivity contribution in [1.82, 2.24) is 4.31 Å². The molecule has 1 spiro atoms. The zero-order valence-corrected chi connectivity index (χ0v) is 14.6. The minimum atomic E-state index is -3.85. The summed E-state index contributed by atoms with van der Waals surface area (Å²) in [5.74, 6) is 0.346. The minimum Gasteiger partial charge on any atom is -0.493 e.